The fourth-order valence-electron chi connectivity index (χ4n) is 3.93. The van der Waals surface area contributed by atoms with Crippen LogP contribution in [0.5, 0.6) is 5.75 Å². The smallest absolute Gasteiger partial charge is 0.343 e. The number of carbonyl (C=O) groups is 2. The first-order chi connectivity index (χ1) is 16.2. The molecule has 7 heteroatoms. The molecular weight excluding hydrogens is 434 g/mol. The minimum atomic E-state index is -0.386. The molecule has 0 bridgehead atoms. The first-order valence-corrected chi connectivity index (χ1v) is 11.8. The topological polar surface area (TPSA) is 71.5 Å². The molecule has 0 radical (unpaired) electrons. The maximum Gasteiger partial charge on any atom is 0.343 e. The third-order valence-electron chi connectivity index (χ3n) is 5.74. The van der Waals surface area contributed by atoms with E-state index in [4.69, 9.17) is 9.72 Å². The van der Waals surface area contributed by atoms with Crippen LogP contribution in [0.4, 0.5) is 10.8 Å². The van der Waals surface area contributed by atoms with Gasteiger partial charge in [-0.2, -0.15) is 0 Å². The second-order valence-corrected chi connectivity index (χ2v) is 9.01. The lowest BCUT2D eigenvalue weighted by molar-refractivity contribution is -0.120. The van der Waals surface area contributed by atoms with Gasteiger partial charge in [-0.3, -0.25) is 4.79 Å². The Morgan fingerprint density at radius 1 is 0.939 bits per heavy atom. The molecule has 2 heterocycles. The molecule has 1 fully saturated rings. The van der Waals surface area contributed by atoms with Crippen molar-refractivity contribution in [2.75, 3.05) is 23.3 Å². The van der Waals surface area contributed by atoms with Gasteiger partial charge in [-0.25, -0.2) is 9.78 Å². The number of hydrogen-bond donors (Lipinski definition) is 1. The van der Waals surface area contributed by atoms with Crippen LogP contribution in [0.25, 0.3) is 10.2 Å². The molecule has 33 heavy (non-hydrogen) atoms. The summed E-state index contributed by atoms with van der Waals surface area (Å²) in [6, 6.07) is 24.0. The van der Waals surface area contributed by atoms with Crippen LogP contribution >= 0.6 is 11.3 Å². The molecule has 0 saturated carbocycles. The van der Waals surface area contributed by atoms with Gasteiger partial charge in [-0.15, -0.1) is 0 Å². The number of carbonyl (C=O) groups excluding carboxylic acids is 2. The van der Waals surface area contributed by atoms with Gasteiger partial charge in [-0.05, 0) is 55.3 Å². The molecule has 0 atom stereocenters. The lowest BCUT2D eigenvalue weighted by Crippen LogP contribution is -2.38. The Morgan fingerprint density at radius 3 is 2.36 bits per heavy atom. The highest BCUT2D eigenvalue weighted by Gasteiger charge is 2.26. The van der Waals surface area contributed by atoms with Crippen LogP contribution in [0.1, 0.15) is 23.2 Å². The summed E-state index contributed by atoms with van der Waals surface area (Å²) < 4.78 is 6.39. The van der Waals surface area contributed by atoms with Crippen molar-refractivity contribution in [1.29, 1.82) is 0 Å². The van der Waals surface area contributed by atoms with Gasteiger partial charge in [0.1, 0.15) is 5.75 Å². The normalized spacial score (nSPS) is 14.2. The molecule has 0 unspecified atom stereocenters. The molecule has 1 aromatic heterocycles. The number of para-hydroxylation sites is 2. The van der Waals surface area contributed by atoms with Crippen molar-refractivity contribution in [3.63, 3.8) is 0 Å². The highest BCUT2D eigenvalue weighted by Crippen LogP contribution is 2.32. The third-order valence-corrected chi connectivity index (χ3v) is 6.82. The summed E-state index contributed by atoms with van der Waals surface area (Å²) in [7, 11) is 0. The van der Waals surface area contributed by atoms with Crippen LogP contribution in [-0.4, -0.2) is 29.9 Å². The molecule has 1 amide bonds. The number of piperidine rings is 1. The molecular formula is C26H23N3O3S. The van der Waals surface area contributed by atoms with Crippen LogP contribution < -0.4 is 15.0 Å². The third kappa shape index (κ3) is 4.88. The average Bonchev–Trinajstić information content (AvgIpc) is 3.29. The predicted octanol–water partition coefficient (Wildman–Crippen LogP) is 5.37. The second-order valence-electron chi connectivity index (χ2n) is 8.00. The zero-order valence-electron chi connectivity index (χ0n) is 17.9. The Kier molecular flexibility index (Phi) is 6.04. The van der Waals surface area contributed by atoms with Gasteiger partial charge in [0, 0.05) is 24.7 Å². The molecule has 3 aromatic carbocycles. The van der Waals surface area contributed by atoms with Gasteiger partial charge in [-0.1, -0.05) is 47.7 Å². The van der Waals surface area contributed by atoms with E-state index in [0.29, 0.717) is 11.3 Å². The molecule has 0 spiro atoms. The number of nitrogens with one attached hydrogen (secondary N) is 1. The van der Waals surface area contributed by atoms with E-state index in [1.54, 1.807) is 29.5 Å². The maximum absolute atomic E-state index is 12.6. The quantitative estimate of drug-likeness (QED) is 0.322. The van der Waals surface area contributed by atoms with E-state index in [1.807, 2.05) is 60.7 Å². The maximum atomic E-state index is 12.6. The van der Waals surface area contributed by atoms with Gasteiger partial charge in [0.25, 0.3) is 0 Å². The molecule has 1 aliphatic rings. The fraction of sp³-hybridized carbons (Fsp3) is 0.192. The molecule has 5 rings (SSSR count). The van der Waals surface area contributed by atoms with E-state index >= 15 is 0 Å². The summed E-state index contributed by atoms with van der Waals surface area (Å²) in [4.78, 5) is 32.1. The number of ether oxygens (including phenoxy) is 1. The van der Waals surface area contributed by atoms with Crippen LogP contribution in [0.2, 0.25) is 0 Å². The summed E-state index contributed by atoms with van der Waals surface area (Å²) in [6.45, 7) is 1.55. The minimum Gasteiger partial charge on any atom is -0.423 e. The van der Waals surface area contributed by atoms with Crippen LogP contribution in [0.3, 0.4) is 0 Å². The number of anilines is 2. The van der Waals surface area contributed by atoms with Crippen LogP contribution in [0.15, 0.2) is 78.9 Å². The van der Waals surface area contributed by atoms with Gasteiger partial charge in [0.15, 0.2) is 5.13 Å². The number of hydrogen-bond acceptors (Lipinski definition) is 6. The second kappa shape index (κ2) is 9.42. The first kappa shape index (κ1) is 21.2. The average molecular weight is 458 g/mol. The van der Waals surface area contributed by atoms with Gasteiger partial charge >= 0.3 is 5.97 Å². The van der Waals surface area contributed by atoms with Gasteiger partial charge in [0.05, 0.1) is 15.8 Å². The summed E-state index contributed by atoms with van der Waals surface area (Å²) in [5.41, 5.74) is 2.19. The summed E-state index contributed by atoms with van der Waals surface area (Å²) in [6.07, 6.45) is 1.56. The number of amides is 1. The Bertz CT molecular complexity index is 1270. The van der Waals surface area contributed by atoms with Crippen molar-refractivity contribution < 1.29 is 14.3 Å². The number of nitrogens with zero attached hydrogens (tertiary/aromatic N) is 2. The Hall–Kier alpha value is -3.71. The van der Waals surface area contributed by atoms with E-state index in [-0.39, 0.29) is 17.8 Å². The Balaban J connectivity index is 1.22. The fourth-order valence-corrected chi connectivity index (χ4v) is 4.98. The van der Waals surface area contributed by atoms with Crippen molar-refractivity contribution in [3.8, 4) is 5.75 Å². The number of esters is 1. The van der Waals surface area contributed by atoms with Crippen molar-refractivity contribution in [2.45, 2.75) is 12.8 Å². The summed E-state index contributed by atoms with van der Waals surface area (Å²) in [5, 5.41) is 3.92. The van der Waals surface area contributed by atoms with E-state index in [0.717, 1.165) is 47.0 Å². The van der Waals surface area contributed by atoms with Crippen LogP contribution in [-0.2, 0) is 4.79 Å². The first-order valence-electron chi connectivity index (χ1n) is 10.9. The highest BCUT2D eigenvalue weighted by molar-refractivity contribution is 7.22. The molecule has 1 aliphatic heterocycles. The number of benzene rings is 3. The van der Waals surface area contributed by atoms with Crippen LogP contribution in [0, 0.1) is 5.92 Å². The van der Waals surface area contributed by atoms with Crippen molar-refractivity contribution in [3.05, 3.63) is 84.4 Å². The molecule has 0 aliphatic carbocycles. The lowest BCUT2D eigenvalue weighted by Gasteiger charge is -2.31. The van der Waals surface area contributed by atoms with Gasteiger partial charge in [0.2, 0.25) is 5.91 Å². The van der Waals surface area contributed by atoms with Crippen molar-refractivity contribution in [1.82, 2.24) is 4.98 Å². The number of thiazole rings is 1. The minimum absolute atomic E-state index is 0.00445. The standard InChI is InChI=1S/C26H23N3O3S/c30-24(27-20-7-3-1-4-8-20)18-13-15-29(16-14-18)26-28-22-12-11-19(17-23(22)33-26)25(31)32-21-9-5-2-6-10-21/h1-12,17-18H,13-16H2,(H,27,30). The van der Waals surface area contributed by atoms with E-state index in [2.05, 4.69) is 10.2 Å². The van der Waals surface area contributed by atoms with Crippen molar-refractivity contribution >= 4 is 44.2 Å². The zero-order valence-corrected chi connectivity index (χ0v) is 18.8. The monoisotopic (exact) mass is 457 g/mol. The summed E-state index contributed by atoms with van der Waals surface area (Å²) in [5.74, 6) is 0.206. The van der Waals surface area contributed by atoms with E-state index in [1.165, 1.54) is 0 Å². The van der Waals surface area contributed by atoms with Gasteiger partial charge < -0.3 is 15.0 Å². The number of rotatable bonds is 5. The largest absolute Gasteiger partial charge is 0.423 e. The number of fused-ring (bicyclic) bond motifs is 1. The molecule has 6 nitrogen and oxygen atoms in total. The van der Waals surface area contributed by atoms with Crippen molar-refractivity contribution in [2.24, 2.45) is 5.92 Å². The molecule has 1 saturated heterocycles. The summed E-state index contributed by atoms with van der Waals surface area (Å²) >= 11 is 1.56. The molecule has 1 N–H and O–H groups in total. The SMILES string of the molecule is O=C(Oc1ccccc1)c1ccc2nc(N3CCC(C(=O)Nc4ccccc4)CC3)sc2c1. The zero-order chi connectivity index (χ0) is 22.6. The predicted molar refractivity (Wildman–Crippen MR) is 131 cm³/mol. The van der Waals surface area contributed by atoms with E-state index in [9.17, 15) is 9.59 Å². The van der Waals surface area contributed by atoms with E-state index < -0.39 is 0 Å². The Labute approximate surface area is 195 Å². The Morgan fingerprint density at radius 2 is 1.64 bits per heavy atom. The number of aromatic nitrogens is 1. The highest BCUT2D eigenvalue weighted by atomic mass is 32.1. The molecule has 4 aromatic rings. The lowest BCUT2D eigenvalue weighted by atomic mass is 9.96. The molecule has 166 valence electrons.